The summed E-state index contributed by atoms with van der Waals surface area (Å²) in [5.41, 5.74) is 11.0. The number of amides is 3. The fourth-order valence-corrected chi connectivity index (χ4v) is 7.79. The maximum absolute atomic E-state index is 13.2. The van der Waals surface area contributed by atoms with Crippen molar-refractivity contribution in [3.63, 3.8) is 0 Å². The SMILES string of the molecule is C[C@@H](NC(=O)CN1C=NNN1)[C@H]1C(=O)N2C(C(=O)O)=C(SC3CNC(C(=O)N4CCC(CN)CC4)C3)[C@H](C)[C@H]12. The number of rotatable bonds is 9. The Kier molecular flexibility index (Phi) is 8.03. The van der Waals surface area contributed by atoms with Gasteiger partial charge in [-0.15, -0.1) is 17.3 Å². The Balaban J connectivity index is 1.20. The first kappa shape index (κ1) is 27.7. The third kappa shape index (κ3) is 5.32. The van der Waals surface area contributed by atoms with Crippen LogP contribution in [0.3, 0.4) is 0 Å². The van der Waals surface area contributed by atoms with Gasteiger partial charge >= 0.3 is 5.97 Å². The molecule has 5 aliphatic heterocycles. The molecule has 0 aliphatic carbocycles. The lowest BCUT2D eigenvalue weighted by Crippen LogP contribution is -2.66. The third-order valence-corrected chi connectivity index (χ3v) is 9.94. The molecule has 6 atom stereocenters. The van der Waals surface area contributed by atoms with Crippen LogP contribution >= 0.6 is 11.8 Å². The average Bonchev–Trinajstić information content (AvgIpc) is 3.64. The number of carboxylic acid groups (broad SMARTS) is 1. The van der Waals surface area contributed by atoms with Crippen molar-refractivity contribution in [3.05, 3.63) is 10.6 Å². The van der Waals surface area contributed by atoms with Gasteiger partial charge < -0.3 is 31.3 Å². The van der Waals surface area contributed by atoms with Crippen LogP contribution in [0.25, 0.3) is 0 Å². The zero-order valence-electron chi connectivity index (χ0n) is 22.1. The molecule has 0 radical (unpaired) electrons. The quantitative estimate of drug-likeness (QED) is 0.174. The van der Waals surface area contributed by atoms with Crippen molar-refractivity contribution in [1.29, 1.82) is 0 Å². The molecule has 15 heteroatoms. The minimum Gasteiger partial charge on any atom is -0.477 e. The molecule has 0 aromatic carbocycles. The van der Waals surface area contributed by atoms with Gasteiger partial charge in [-0.2, -0.15) is 5.10 Å². The number of hydrogen-bond acceptors (Lipinski definition) is 11. The Bertz CT molecular complexity index is 1080. The molecule has 0 bridgehead atoms. The second-order valence-electron chi connectivity index (χ2n) is 10.9. The van der Waals surface area contributed by atoms with Gasteiger partial charge in [0, 0.05) is 41.7 Å². The summed E-state index contributed by atoms with van der Waals surface area (Å²) in [7, 11) is 0. The number of nitrogens with one attached hydrogen (secondary N) is 4. The van der Waals surface area contributed by atoms with Gasteiger partial charge in [-0.3, -0.25) is 19.4 Å². The number of carbonyl (C=O) groups excluding carboxylic acids is 3. The number of hydrogen-bond donors (Lipinski definition) is 6. The number of hydrazone groups is 1. The van der Waals surface area contributed by atoms with Crippen LogP contribution in [0.2, 0.25) is 0 Å². The van der Waals surface area contributed by atoms with Crippen molar-refractivity contribution in [1.82, 2.24) is 36.5 Å². The van der Waals surface area contributed by atoms with Crippen LogP contribution in [-0.4, -0.2) is 106 Å². The molecule has 3 saturated heterocycles. The summed E-state index contributed by atoms with van der Waals surface area (Å²) in [5.74, 6) is -1.89. The number of aliphatic carboxylic acids is 1. The molecule has 5 aliphatic rings. The second kappa shape index (κ2) is 11.3. The van der Waals surface area contributed by atoms with E-state index in [0.717, 1.165) is 25.9 Å². The molecular weight excluding hydrogens is 526 g/mol. The minimum absolute atomic E-state index is 0.00497. The number of β-lactam (4-membered cyclic amide) rings is 1. The molecule has 0 aromatic rings. The summed E-state index contributed by atoms with van der Waals surface area (Å²) in [4.78, 5) is 55.0. The molecule has 39 heavy (non-hydrogen) atoms. The highest BCUT2D eigenvalue weighted by atomic mass is 32.2. The van der Waals surface area contributed by atoms with Crippen molar-refractivity contribution < 1.29 is 24.3 Å². The van der Waals surface area contributed by atoms with Crippen molar-refractivity contribution >= 4 is 41.8 Å². The largest absolute Gasteiger partial charge is 0.477 e. The van der Waals surface area contributed by atoms with Gasteiger partial charge in [0.1, 0.15) is 18.6 Å². The highest BCUT2D eigenvalue weighted by molar-refractivity contribution is 8.03. The molecule has 3 fully saturated rings. The van der Waals surface area contributed by atoms with E-state index in [-0.39, 0.29) is 53.2 Å². The standard InChI is InChI=1S/C24H37N9O5S/c1-12-19-18(13(2)28-17(34)10-32-11-27-29-30-32)23(36)33(19)20(24(37)38)21(12)39-15-7-16(26-9-15)22(35)31-5-3-14(8-25)4-6-31/h11-16,18-19,26,29-30H,3-10,25H2,1-2H3,(H,28,34)(H,37,38)/t12-,13-,15?,16?,18-,19-/m1/s1. The number of likely N-dealkylation sites (tertiary alicyclic amines) is 1. The summed E-state index contributed by atoms with van der Waals surface area (Å²) in [6.07, 6.45) is 3.88. The fraction of sp³-hybridized carbons (Fsp3) is 0.708. The first-order valence-electron chi connectivity index (χ1n) is 13.5. The highest BCUT2D eigenvalue weighted by Crippen LogP contribution is 2.51. The Labute approximate surface area is 231 Å². The number of thioether (sulfide) groups is 1. The topological polar surface area (TPSA) is 185 Å². The summed E-state index contributed by atoms with van der Waals surface area (Å²) in [6.45, 7) is 6.38. The van der Waals surface area contributed by atoms with Gasteiger partial charge in [0.05, 0.1) is 18.0 Å². The van der Waals surface area contributed by atoms with Gasteiger partial charge in [-0.25, -0.2) is 10.3 Å². The molecular formula is C24H37N9O5S. The van der Waals surface area contributed by atoms with E-state index in [9.17, 15) is 24.3 Å². The predicted molar refractivity (Wildman–Crippen MR) is 143 cm³/mol. The van der Waals surface area contributed by atoms with Crippen LogP contribution in [-0.2, 0) is 19.2 Å². The van der Waals surface area contributed by atoms with Crippen LogP contribution < -0.4 is 27.4 Å². The van der Waals surface area contributed by atoms with Crippen LogP contribution in [0.5, 0.6) is 0 Å². The van der Waals surface area contributed by atoms with Gasteiger partial charge in [0.2, 0.25) is 17.7 Å². The van der Waals surface area contributed by atoms with E-state index in [1.165, 1.54) is 28.0 Å². The lowest BCUT2D eigenvalue weighted by atomic mass is 9.78. The number of hydrazine groups is 2. The lowest BCUT2D eigenvalue weighted by Gasteiger charge is -2.47. The molecule has 0 saturated carbocycles. The van der Waals surface area contributed by atoms with Crippen LogP contribution in [0, 0.1) is 17.8 Å². The first-order chi connectivity index (χ1) is 18.7. The van der Waals surface area contributed by atoms with E-state index in [4.69, 9.17) is 5.73 Å². The highest BCUT2D eigenvalue weighted by Gasteiger charge is 2.60. The first-order valence-corrected chi connectivity index (χ1v) is 14.4. The van der Waals surface area contributed by atoms with Crippen LogP contribution in [0.15, 0.2) is 15.7 Å². The molecule has 5 heterocycles. The summed E-state index contributed by atoms with van der Waals surface area (Å²) in [5, 5.41) is 21.5. The molecule has 7 N–H and O–H groups in total. The number of nitrogens with zero attached hydrogens (tertiary/aromatic N) is 4. The number of carbonyl (C=O) groups is 4. The average molecular weight is 564 g/mol. The molecule has 2 unspecified atom stereocenters. The van der Waals surface area contributed by atoms with E-state index in [0.29, 0.717) is 30.3 Å². The molecule has 0 spiro atoms. The molecule has 5 rings (SSSR count). The van der Waals surface area contributed by atoms with E-state index >= 15 is 0 Å². The van der Waals surface area contributed by atoms with Crippen molar-refractivity contribution in [2.75, 3.05) is 32.7 Å². The minimum atomic E-state index is -1.14. The monoisotopic (exact) mass is 563 g/mol. The zero-order chi connectivity index (χ0) is 27.8. The molecule has 214 valence electrons. The number of fused-ring (bicyclic) bond motifs is 1. The smallest absolute Gasteiger partial charge is 0.353 e. The Morgan fingerprint density at radius 3 is 2.69 bits per heavy atom. The Hall–Kier alpha value is -2.88. The van der Waals surface area contributed by atoms with Crippen molar-refractivity contribution in [3.8, 4) is 0 Å². The van der Waals surface area contributed by atoms with E-state index in [1.54, 1.807) is 6.92 Å². The van der Waals surface area contributed by atoms with E-state index in [2.05, 4.69) is 26.8 Å². The van der Waals surface area contributed by atoms with Gasteiger partial charge in [0.25, 0.3) is 0 Å². The summed E-state index contributed by atoms with van der Waals surface area (Å²) in [6, 6.07) is -1.11. The van der Waals surface area contributed by atoms with Crippen LogP contribution in [0.1, 0.15) is 33.1 Å². The zero-order valence-corrected chi connectivity index (χ0v) is 22.9. The third-order valence-electron chi connectivity index (χ3n) is 8.43. The Morgan fingerprint density at radius 1 is 1.31 bits per heavy atom. The summed E-state index contributed by atoms with van der Waals surface area (Å²) >= 11 is 1.46. The van der Waals surface area contributed by atoms with Crippen molar-refractivity contribution in [2.45, 2.75) is 56.5 Å². The van der Waals surface area contributed by atoms with Gasteiger partial charge in [-0.1, -0.05) is 6.92 Å². The van der Waals surface area contributed by atoms with Gasteiger partial charge in [-0.05, 0) is 38.6 Å². The summed E-state index contributed by atoms with van der Waals surface area (Å²) < 4.78 is 0. The van der Waals surface area contributed by atoms with Crippen molar-refractivity contribution in [2.24, 2.45) is 28.6 Å². The number of carboxylic acids is 1. The second-order valence-corrected chi connectivity index (χ2v) is 12.3. The maximum atomic E-state index is 13.2. The number of nitrogens with two attached hydrogens (primary N) is 1. The molecule has 3 amide bonds. The fourth-order valence-electron chi connectivity index (χ4n) is 6.31. The molecule has 0 aromatic heterocycles. The van der Waals surface area contributed by atoms with Crippen LogP contribution in [0.4, 0.5) is 0 Å². The maximum Gasteiger partial charge on any atom is 0.353 e. The molecule has 14 nitrogen and oxygen atoms in total. The van der Waals surface area contributed by atoms with E-state index in [1.807, 2.05) is 11.8 Å². The number of piperidine rings is 1. The predicted octanol–water partition coefficient (Wildman–Crippen LogP) is -1.81. The normalized spacial score (nSPS) is 31.3. The van der Waals surface area contributed by atoms with Gasteiger partial charge in [0.15, 0.2) is 0 Å². The Morgan fingerprint density at radius 2 is 2.05 bits per heavy atom. The van der Waals surface area contributed by atoms with E-state index < -0.39 is 17.9 Å². The lowest BCUT2D eigenvalue weighted by molar-refractivity contribution is -0.158.